The van der Waals surface area contributed by atoms with Crippen molar-refractivity contribution in [3.05, 3.63) is 16.5 Å². The monoisotopic (exact) mass is 293 g/mol. The summed E-state index contributed by atoms with van der Waals surface area (Å²) in [6.07, 6.45) is 2.02. The van der Waals surface area contributed by atoms with E-state index in [9.17, 15) is 13.5 Å². The highest BCUT2D eigenvalue weighted by atomic mass is 35.5. The number of thiophene rings is 1. The van der Waals surface area contributed by atoms with Crippen LogP contribution in [0.15, 0.2) is 16.3 Å². The molecule has 0 amide bonds. The Morgan fingerprint density at radius 3 is 2.53 bits per heavy atom. The molecule has 17 heavy (non-hydrogen) atoms. The van der Waals surface area contributed by atoms with E-state index in [-0.39, 0.29) is 17.3 Å². The highest BCUT2D eigenvalue weighted by Crippen LogP contribution is 2.46. The minimum absolute atomic E-state index is 0.218. The van der Waals surface area contributed by atoms with Crippen molar-refractivity contribution in [3.63, 3.8) is 0 Å². The van der Waals surface area contributed by atoms with Crippen molar-refractivity contribution in [3.8, 4) is 0 Å². The molecule has 0 radical (unpaired) electrons. The third kappa shape index (κ3) is 1.92. The Labute approximate surface area is 109 Å². The Morgan fingerprint density at radius 1 is 1.41 bits per heavy atom. The van der Waals surface area contributed by atoms with E-state index >= 15 is 0 Å². The fourth-order valence-electron chi connectivity index (χ4n) is 2.18. The first kappa shape index (κ1) is 11.9. The summed E-state index contributed by atoms with van der Waals surface area (Å²) in [4.78, 5) is 0. The van der Waals surface area contributed by atoms with Crippen molar-refractivity contribution in [1.29, 1.82) is 0 Å². The Kier molecular flexibility index (Phi) is 2.58. The zero-order chi connectivity index (χ0) is 12.3. The third-order valence-corrected chi connectivity index (χ3v) is 6.87. The van der Waals surface area contributed by atoms with Gasteiger partial charge in [0, 0.05) is 13.1 Å². The maximum absolute atomic E-state index is 12.1. The first-order valence-electron chi connectivity index (χ1n) is 5.40. The second-order valence-electron chi connectivity index (χ2n) is 4.71. The van der Waals surface area contributed by atoms with Crippen LogP contribution in [0.1, 0.15) is 12.8 Å². The molecule has 1 N–H and O–H groups in total. The smallest absolute Gasteiger partial charge is 0.252 e. The molecule has 0 aromatic carbocycles. The molecule has 1 aliphatic carbocycles. The van der Waals surface area contributed by atoms with Crippen molar-refractivity contribution in [2.75, 3.05) is 13.1 Å². The van der Waals surface area contributed by atoms with E-state index in [0.717, 1.165) is 24.2 Å². The van der Waals surface area contributed by atoms with Gasteiger partial charge < -0.3 is 5.11 Å². The number of rotatable bonds is 3. The van der Waals surface area contributed by atoms with Gasteiger partial charge in [0.1, 0.15) is 4.21 Å². The molecule has 94 valence electrons. The molecular formula is C10H12ClNO3S2. The summed E-state index contributed by atoms with van der Waals surface area (Å²) < 4.78 is 26.3. The molecule has 0 unspecified atom stereocenters. The van der Waals surface area contributed by atoms with Gasteiger partial charge in [-0.3, -0.25) is 0 Å². The average Bonchev–Trinajstić information content (AvgIpc) is 2.97. The number of sulfonamides is 1. The largest absolute Gasteiger partial charge is 0.387 e. The van der Waals surface area contributed by atoms with Gasteiger partial charge in [0.05, 0.1) is 9.94 Å². The SMILES string of the molecule is O=S(=O)(c1ccc(Cl)s1)N1CC(O)(C2CC2)C1. The van der Waals surface area contributed by atoms with Crippen molar-refractivity contribution in [2.24, 2.45) is 5.92 Å². The van der Waals surface area contributed by atoms with E-state index in [1.54, 1.807) is 6.07 Å². The Morgan fingerprint density at radius 2 is 2.06 bits per heavy atom. The van der Waals surface area contributed by atoms with Crippen LogP contribution in [0.4, 0.5) is 0 Å². The summed E-state index contributed by atoms with van der Waals surface area (Å²) >= 11 is 6.79. The molecule has 7 heteroatoms. The number of hydrogen-bond acceptors (Lipinski definition) is 4. The molecule has 2 aliphatic rings. The third-order valence-electron chi connectivity index (χ3n) is 3.38. The summed E-state index contributed by atoms with van der Waals surface area (Å²) in [5, 5.41) is 10.1. The average molecular weight is 294 g/mol. The molecule has 0 spiro atoms. The fourth-order valence-corrected chi connectivity index (χ4v) is 5.38. The molecule has 2 fully saturated rings. The number of aliphatic hydroxyl groups is 1. The van der Waals surface area contributed by atoms with Gasteiger partial charge in [-0.05, 0) is 30.9 Å². The Bertz CT molecular complexity index is 544. The zero-order valence-corrected chi connectivity index (χ0v) is 11.4. The van der Waals surface area contributed by atoms with Crippen LogP contribution in [-0.4, -0.2) is 36.5 Å². The molecule has 1 saturated heterocycles. The standard InChI is InChI=1S/C10H12ClNO3S2/c11-8-3-4-9(16-8)17(14,15)12-5-10(13,6-12)7-1-2-7/h3-4,7,13H,1-2,5-6H2. The van der Waals surface area contributed by atoms with E-state index < -0.39 is 15.6 Å². The maximum atomic E-state index is 12.1. The summed E-state index contributed by atoms with van der Waals surface area (Å²) in [6, 6.07) is 3.09. The summed E-state index contributed by atoms with van der Waals surface area (Å²) in [7, 11) is -3.45. The quantitative estimate of drug-likeness (QED) is 0.920. The van der Waals surface area contributed by atoms with Gasteiger partial charge in [-0.1, -0.05) is 11.6 Å². The second-order valence-corrected chi connectivity index (χ2v) is 8.59. The van der Waals surface area contributed by atoms with Crippen LogP contribution in [0.5, 0.6) is 0 Å². The van der Waals surface area contributed by atoms with Gasteiger partial charge in [-0.2, -0.15) is 4.31 Å². The molecule has 2 heterocycles. The lowest BCUT2D eigenvalue weighted by atomic mass is 9.91. The van der Waals surface area contributed by atoms with Crippen LogP contribution >= 0.6 is 22.9 Å². The van der Waals surface area contributed by atoms with E-state index in [1.807, 2.05) is 0 Å². The van der Waals surface area contributed by atoms with E-state index in [1.165, 1.54) is 10.4 Å². The summed E-state index contributed by atoms with van der Waals surface area (Å²) in [5.41, 5.74) is -0.784. The highest BCUT2D eigenvalue weighted by molar-refractivity contribution is 7.91. The van der Waals surface area contributed by atoms with Gasteiger partial charge >= 0.3 is 0 Å². The van der Waals surface area contributed by atoms with Gasteiger partial charge in [0.15, 0.2) is 0 Å². The van der Waals surface area contributed by atoms with E-state index in [2.05, 4.69) is 0 Å². The van der Waals surface area contributed by atoms with Crippen molar-refractivity contribution < 1.29 is 13.5 Å². The molecule has 3 rings (SSSR count). The van der Waals surface area contributed by atoms with E-state index in [4.69, 9.17) is 11.6 Å². The maximum Gasteiger partial charge on any atom is 0.252 e. The lowest BCUT2D eigenvalue weighted by Gasteiger charge is -2.45. The fraction of sp³-hybridized carbons (Fsp3) is 0.600. The predicted molar refractivity (Wildman–Crippen MR) is 65.8 cm³/mol. The number of nitrogens with zero attached hydrogens (tertiary/aromatic N) is 1. The first-order valence-corrected chi connectivity index (χ1v) is 8.03. The van der Waals surface area contributed by atoms with Gasteiger partial charge in [0.2, 0.25) is 0 Å². The second kappa shape index (κ2) is 3.68. The van der Waals surface area contributed by atoms with Crippen LogP contribution in [0.2, 0.25) is 4.34 Å². The van der Waals surface area contributed by atoms with Gasteiger partial charge in [-0.25, -0.2) is 8.42 Å². The topological polar surface area (TPSA) is 57.6 Å². The van der Waals surface area contributed by atoms with Crippen molar-refractivity contribution in [1.82, 2.24) is 4.31 Å². The Hall–Kier alpha value is -0.140. The molecule has 1 aromatic rings. The minimum atomic E-state index is -3.45. The molecule has 1 saturated carbocycles. The molecular weight excluding hydrogens is 282 g/mol. The van der Waals surface area contributed by atoms with Gasteiger partial charge in [-0.15, -0.1) is 11.3 Å². The number of hydrogen-bond donors (Lipinski definition) is 1. The molecule has 4 nitrogen and oxygen atoms in total. The summed E-state index contributed by atoms with van der Waals surface area (Å²) in [6.45, 7) is 0.436. The van der Waals surface area contributed by atoms with E-state index in [0.29, 0.717) is 10.3 Å². The lowest BCUT2D eigenvalue weighted by molar-refractivity contribution is -0.0764. The predicted octanol–water partition coefficient (Wildman–Crippen LogP) is 1.55. The highest BCUT2D eigenvalue weighted by Gasteiger charge is 2.55. The van der Waals surface area contributed by atoms with Crippen molar-refractivity contribution >= 4 is 33.0 Å². The van der Waals surface area contributed by atoms with Crippen LogP contribution in [0.3, 0.4) is 0 Å². The minimum Gasteiger partial charge on any atom is -0.387 e. The van der Waals surface area contributed by atoms with Crippen molar-refractivity contribution in [2.45, 2.75) is 22.7 Å². The van der Waals surface area contributed by atoms with Crippen LogP contribution in [0.25, 0.3) is 0 Å². The van der Waals surface area contributed by atoms with Gasteiger partial charge in [0.25, 0.3) is 10.0 Å². The molecule has 0 bridgehead atoms. The molecule has 1 aliphatic heterocycles. The zero-order valence-electron chi connectivity index (χ0n) is 8.97. The summed E-state index contributed by atoms with van der Waals surface area (Å²) in [5.74, 6) is 0.292. The number of halogens is 1. The first-order chi connectivity index (χ1) is 7.92. The lowest BCUT2D eigenvalue weighted by Crippen LogP contribution is -2.64. The Balaban J connectivity index is 1.78. The van der Waals surface area contributed by atoms with Crippen LogP contribution < -0.4 is 0 Å². The normalized spacial score (nSPS) is 24.6. The number of β-amino-alcohol motifs (C(OH)–C–C–N with tert-alkyl or cyclic N) is 1. The molecule has 1 aromatic heterocycles. The van der Waals surface area contributed by atoms with Crippen LogP contribution in [0, 0.1) is 5.92 Å². The molecule has 0 atom stereocenters. The van der Waals surface area contributed by atoms with Crippen LogP contribution in [-0.2, 0) is 10.0 Å².